The van der Waals surface area contributed by atoms with Crippen molar-refractivity contribution in [2.45, 2.75) is 65.2 Å². The number of nitrogens with zero attached hydrogens (tertiary/aromatic N) is 5. The zero-order valence-corrected chi connectivity index (χ0v) is 23.7. The van der Waals surface area contributed by atoms with Crippen LogP contribution in [0.15, 0.2) is 87.2 Å². The lowest BCUT2D eigenvalue weighted by atomic mass is 10.1. The van der Waals surface area contributed by atoms with Gasteiger partial charge in [0.25, 0.3) is 0 Å². The Balaban J connectivity index is 1.59. The van der Waals surface area contributed by atoms with E-state index in [-0.39, 0.29) is 6.61 Å². The molecule has 0 aliphatic rings. The Morgan fingerprint density at radius 3 is 1.95 bits per heavy atom. The summed E-state index contributed by atoms with van der Waals surface area (Å²) in [6.45, 7) is 5.93. The molecule has 0 atom stereocenters. The highest BCUT2D eigenvalue weighted by atomic mass is 16.5. The van der Waals surface area contributed by atoms with Crippen LogP contribution in [0.4, 0.5) is 28.4 Å². The monoisotopic (exact) mass is 529 g/mol. The summed E-state index contributed by atoms with van der Waals surface area (Å²) in [5.74, 6) is 0.586. The van der Waals surface area contributed by atoms with Crippen LogP contribution in [0.25, 0.3) is 0 Å². The molecule has 0 amide bonds. The van der Waals surface area contributed by atoms with Crippen LogP contribution in [0, 0.1) is 6.92 Å². The highest BCUT2D eigenvalue weighted by molar-refractivity contribution is 5.63. The summed E-state index contributed by atoms with van der Waals surface area (Å²) < 4.78 is 5.55. The molecule has 0 saturated heterocycles. The molecule has 0 fully saturated rings. The molecule has 3 aromatic rings. The van der Waals surface area contributed by atoms with Crippen LogP contribution in [0.2, 0.25) is 0 Å². The number of aryl methyl sites for hydroxylation is 1. The van der Waals surface area contributed by atoms with Crippen molar-refractivity contribution < 1.29 is 9.84 Å². The maximum atomic E-state index is 9.57. The van der Waals surface area contributed by atoms with Gasteiger partial charge in [0.1, 0.15) is 11.4 Å². The minimum atomic E-state index is 0.137. The van der Waals surface area contributed by atoms with Crippen LogP contribution in [-0.4, -0.2) is 31.9 Å². The lowest BCUT2D eigenvalue weighted by Gasteiger charge is -2.24. The fraction of sp³-hybridized carbons (Fsp3) is 0.438. The van der Waals surface area contributed by atoms with Crippen molar-refractivity contribution in [3.8, 4) is 5.75 Å². The molecule has 0 spiro atoms. The van der Waals surface area contributed by atoms with Crippen molar-refractivity contribution >= 4 is 28.4 Å². The number of methoxy groups -OCH3 is 1. The van der Waals surface area contributed by atoms with E-state index in [1.165, 1.54) is 44.9 Å². The third kappa shape index (κ3) is 10.2. The summed E-state index contributed by atoms with van der Waals surface area (Å²) in [5, 5.41) is 27.1. The van der Waals surface area contributed by atoms with Gasteiger partial charge in [0, 0.05) is 24.8 Å². The number of azo groups is 2. The molecule has 0 unspecified atom stereocenters. The molecule has 0 aromatic heterocycles. The van der Waals surface area contributed by atoms with E-state index < -0.39 is 0 Å². The van der Waals surface area contributed by atoms with E-state index in [4.69, 9.17) is 4.74 Å². The van der Waals surface area contributed by atoms with Gasteiger partial charge in [-0.25, -0.2) is 0 Å². The summed E-state index contributed by atoms with van der Waals surface area (Å²) in [6, 6.07) is 21.4. The number of aliphatic hydroxyl groups excluding tert-OH is 1. The number of rotatable bonds is 17. The highest BCUT2D eigenvalue weighted by Gasteiger charge is 2.09. The van der Waals surface area contributed by atoms with Crippen molar-refractivity contribution in [2.24, 2.45) is 20.5 Å². The molecule has 3 aromatic carbocycles. The topological polar surface area (TPSA) is 82.1 Å². The van der Waals surface area contributed by atoms with Gasteiger partial charge in [-0.1, -0.05) is 70.1 Å². The van der Waals surface area contributed by atoms with Gasteiger partial charge in [-0.15, -0.1) is 5.11 Å². The molecule has 0 aliphatic carbocycles. The van der Waals surface area contributed by atoms with Crippen molar-refractivity contribution in [3.63, 3.8) is 0 Å². The molecule has 3 rings (SSSR count). The molecule has 0 bridgehead atoms. The van der Waals surface area contributed by atoms with E-state index in [0.29, 0.717) is 18.0 Å². The van der Waals surface area contributed by atoms with Crippen molar-refractivity contribution in [1.29, 1.82) is 0 Å². The van der Waals surface area contributed by atoms with Gasteiger partial charge < -0.3 is 14.7 Å². The molecular weight excluding hydrogens is 486 g/mol. The second-order valence-corrected chi connectivity index (χ2v) is 9.75. The number of ether oxygens (including phenoxy) is 1. The first-order valence-electron chi connectivity index (χ1n) is 14.2. The number of hydrogen-bond acceptors (Lipinski definition) is 7. The predicted octanol–water partition coefficient (Wildman–Crippen LogP) is 9.77. The van der Waals surface area contributed by atoms with Gasteiger partial charge in [-0.2, -0.15) is 15.3 Å². The second kappa shape index (κ2) is 17.1. The van der Waals surface area contributed by atoms with E-state index in [1.54, 1.807) is 7.11 Å². The van der Waals surface area contributed by atoms with Crippen LogP contribution in [0.5, 0.6) is 5.75 Å². The quantitative estimate of drug-likeness (QED) is 0.139. The molecule has 208 valence electrons. The number of anilines is 1. The van der Waals surface area contributed by atoms with Gasteiger partial charge in [0.05, 0.1) is 30.8 Å². The van der Waals surface area contributed by atoms with Crippen LogP contribution in [-0.2, 0) is 0 Å². The van der Waals surface area contributed by atoms with Gasteiger partial charge >= 0.3 is 0 Å². The number of aliphatic hydroxyl groups is 1. The molecule has 7 heteroatoms. The first-order valence-corrected chi connectivity index (χ1v) is 14.2. The number of benzene rings is 3. The van der Waals surface area contributed by atoms with Crippen LogP contribution in [0.1, 0.15) is 63.9 Å². The largest absolute Gasteiger partial charge is 0.494 e. The molecule has 39 heavy (non-hydrogen) atoms. The average Bonchev–Trinajstić information content (AvgIpc) is 2.97. The third-order valence-electron chi connectivity index (χ3n) is 6.67. The maximum Gasteiger partial charge on any atom is 0.148 e. The van der Waals surface area contributed by atoms with Crippen LogP contribution >= 0.6 is 0 Å². The maximum absolute atomic E-state index is 9.57. The minimum Gasteiger partial charge on any atom is -0.494 e. The zero-order chi connectivity index (χ0) is 27.7. The van der Waals surface area contributed by atoms with Crippen molar-refractivity contribution in [2.75, 3.05) is 31.7 Å². The molecule has 1 N–H and O–H groups in total. The Labute approximate surface area is 233 Å². The molecule has 0 radical (unpaired) electrons. The molecular formula is C32H43N5O2. The van der Waals surface area contributed by atoms with E-state index in [9.17, 15) is 5.11 Å². The van der Waals surface area contributed by atoms with Gasteiger partial charge in [0.15, 0.2) is 0 Å². The fourth-order valence-corrected chi connectivity index (χ4v) is 4.39. The molecule has 0 saturated carbocycles. The van der Waals surface area contributed by atoms with Crippen LogP contribution in [0.3, 0.4) is 0 Å². The normalized spacial score (nSPS) is 11.5. The van der Waals surface area contributed by atoms with Crippen molar-refractivity contribution in [1.82, 2.24) is 0 Å². The Bertz CT molecular complexity index is 1160. The summed E-state index contributed by atoms with van der Waals surface area (Å²) >= 11 is 0. The minimum absolute atomic E-state index is 0.137. The second-order valence-electron chi connectivity index (χ2n) is 9.75. The molecule has 0 heterocycles. The van der Waals surface area contributed by atoms with Gasteiger partial charge in [-0.3, -0.25) is 0 Å². The number of unbranched alkanes of at least 4 members (excludes halogenated alkanes) is 7. The summed E-state index contributed by atoms with van der Waals surface area (Å²) in [4.78, 5) is 2.24. The third-order valence-corrected chi connectivity index (χ3v) is 6.67. The highest BCUT2D eigenvalue weighted by Crippen LogP contribution is 2.36. The summed E-state index contributed by atoms with van der Waals surface area (Å²) in [7, 11) is 1.61. The predicted molar refractivity (Wildman–Crippen MR) is 161 cm³/mol. The average molecular weight is 530 g/mol. The molecule has 7 nitrogen and oxygen atoms in total. The van der Waals surface area contributed by atoms with E-state index in [1.807, 2.05) is 73.7 Å². The smallest absolute Gasteiger partial charge is 0.148 e. The van der Waals surface area contributed by atoms with Crippen LogP contribution < -0.4 is 9.64 Å². The zero-order valence-electron chi connectivity index (χ0n) is 23.7. The van der Waals surface area contributed by atoms with E-state index in [0.717, 1.165) is 41.3 Å². The Morgan fingerprint density at radius 1 is 0.692 bits per heavy atom. The van der Waals surface area contributed by atoms with E-state index in [2.05, 4.69) is 32.3 Å². The Kier molecular flexibility index (Phi) is 13.1. The van der Waals surface area contributed by atoms with Gasteiger partial charge in [-0.05, 0) is 61.4 Å². The summed E-state index contributed by atoms with van der Waals surface area (Å²) in [6.07, 6.45) is 10.3. The lowest BCUT2D eigenvalue weighted by molar-refractivity contribution is 0.301. The fourth-order valence-electron chi connectivity index (χ4n) is 4.39. The Hall–Kier alpha value is -3.58. The summed E-state index contributed by atoms with van der Waals surface area (Å²) in [5.41, 5.74) is 4.92. The van der Waals surface area contributed by atoms with Crippen molar-refractivity contribution in [3.05, 3.63) is 72.3 Å². The Morgan fingerprint density at radius 2 is 1.31 bits per heavy atom. The standard InChI is InChI=1S/C32H43N5O2/c1-4-5-6-7-8-9-10-14-21-37(22-23-38)29-19-17-28(18-20-29)34-36-31-24-26(2)30(25-32(31)39-3)35-33-27-15-12-11-13-16-27/h11-13,15-20,24-25,38H,4-10,14,21-23H2,1-3H3. The van der Waals surface area contributed by atoms with Gasteiger partial charge in [0.2, 0.25) is 0 Å². The first-order chi connectivity index (χ1) is 19.1. The SMILES string of the molecule is CCCCCCCCCCN(CCO)c1ccc(N=Nc2cc(C)c(N=Nc3ccccc3)cc2OC)cc1. The van der Waals surface area contributed by atoms with E-state index >= 15 is 0 Å². The molecule has 0 aliphatic heterocycles. The first kappa shape index (κ1) is 30.0. The lowest BCUT2D eigenvalue weighted by Crippen LogP contribution is -2.27. The number of hydrogen-bond donors (Lipinski definition) is 1.